The summed E-state index contributed by atoms with van der Waals surface area (Å²) in [6.45, 7) is 3.85. The minimum atomic E-state index is -2.11. The highest BCUT2D eigenvalue weighted by atomic mass is 16.5. The number of hydrogen-bond acceptors (Lipinski definition) is 11. The number of aromatic nitrogens is 1. The van der Waals surface area contributed by atoms with Crippen LogP contribution in [-0.2, 0) is 33.0 Å². The molecule has 1 aromatic heterocycles. The van der Waals surface area contributed by atoms with Crippen LogP contribution in [0.4, 0.5) is 0 Å². The molecule has 65 heavy (non-hydrogen) atoms. The van der Waals surface area contributed by atoms with Crippen molar-refractivity contribution in [3.8, 4) is 11.5 Å². The second-order valence-electron chi connectivity index (χ2n) is 16.8. The average molecular weight is 880 g/mol. The molecule has 1 unspecified atom stereocenters. The number of fused-ring (bicyclic) bond motifs is 1. The molecule has 6 aromatic rings. The van der Waals surface area contributed by atoms with Gasteiger partial charge < -0.3 is 45.3 Å². The highest BCUT2D eigenvalue weighted by Crippen LogP contribution is 2.34. The van der Waals surface area contributed by atoms with E-state index in [0.29, 0.717) is 41.7 Å². The van der Waals surface area contributed by atoms with Gasteiger partial charge in [0.25, 0.3) is 11.8 Å². The average Bonchev–Trinajstić information content (AvgIpc) is 3.32. The Balaban J connectivity index is 0.780. The molecule has 0 bridgehead atoms. The summed E-state index contributed by atoms with van der Waals surface area (Å²) < 4.78 is 11.7. The van der Waals surface area contributed by atoms with Crippen molar-refractivity contribution >= 4 is 28.7 Å². The maximum absolute atomic E-state index is 13.8. The Labute approximate surface area is 376 Å². The Kier molecular flexibility index (Phi) is 14.0. The van der Waals surface area contributed by atoms with Gasteiger partial charge in [0.05, 0.1) is 24.3 Å². The van der Waals surface area contributed by atoms with Gasteiger partial charge in [0, 0.05) is 55.3 Å². The highest BCUT2D eigenvalue weighted by Gasteiger charge is 2.42. The highest BCUT2D eigenvalue weighted by molar-refractivity contribution is 5.95. The Bertz CT molecular complexity index is 2650. The summed E-state index contributed by atoms with van der Waals surface area (Å²) in [5.41, 5.74) is 1.64. The molecule has 0 saturated carbocycles. The van der Waals surface area contributed by atoms with E-state index in [9.17, 15) is 34.5 Å². The van der Waals surface area contributed by atoms with Gasteiger partial charge in [0.2, 0.25) is 11.2 Å². The first-order valence-electron chi connectivity index (χ1n) is 21.9. The molecule has 2 aliphatic rings. The Hall–Kier alpha value is -6.84. The number of benzene rings is 5. The number of H-pyrrole nitrogens is 1. The summed E-state index contributed by atoms with van der Waals surface area (Å²) in [4.78, 5) is 58.3. The Morgan fingerprint density at radius 3 is 2.26 bits per heavy atom. The van der Waals surface area contributed by atoms with Crippen LogP contribution in [-0.4, -0.2) is 99.9 Å². The third kappa shape index (κ3) is 10.8. The number of carbonyl (C=O) groups is 3. The summed E-state index contributed by atoms with van der Waals surface area (Å²) >= 11 is 0. The summed E-state index contributed by atoms with van der Waals surface area (Å²) in [6, 6.07) is 38.3. The number of phenols is 1. The third-order valence-electron chi connectivity index (χ3n) is 12.2. The molecule has 0 aliphatic carbocycles. The normalized spacial score (nSPS) is 16.0. The first kappa shape index (κ1) is 44.8. The number of ether oxygens (including phenoxy) is 2. The molecule has 14 nitrogen and oxygen atoms in total. The monoisotopic (exact) mass is 879 g/mol. The second kappa shape index (κ2) is 20.3. The van der Waals surface area contributed by atoms with Crippen LogP contribution in [0, 0.1) is 5.92 Å². The second-order valence-corrected chi connectivity index (χ2v) is 16.8. The molecular weight excluding hydrogens is 827 g/mol. The molecule has 2 fully saturated rings. The van der Waals surface area contributed by atoms with Crippen molar-refractivity contribution in [3.63, 3.8) is 0 Å². The van der Waals surface area contributed by atoms with Crippen molar-refractivity contribution in [1.29, 1.82) is 0 Å². The van der Waals surface area contributed by atoms with Crippen molar-refractivity contribution in [2.75, 3.05) is 45.9 Å². The minimum Gasteiger partial charge on any atom is -0.506 e. The number of likely N-dealkylation sites (tertiary alicyclic amines) is 2. The van der Waals surface area contributed by atoms with Crippen LogP contribution in [0.15, 0.2) is 138 Å². The first-order chi connectivity index (χ1) is 31.5. The lowest BCUT2D eigenvalue weighted by Crippen LogP contribution is -2.61. The Morgan fingerprint density at radius 1 is 0.815 bits per heavy atom. The number of amides is 2. The van der Waals surface area contributed by atoms with Crippen LogP contribution in [0.3, 0.4) is 0 Å². The van der Waals surface area contributed by atoms with Gasteiger partial charge in [-0.15, -0.1) is 0 Å². The number of esters is 1. The molecule has 0 radical (unpaired) electrons. The number of aliphatic hydroxyl groups excluding tert-OH is 1. The van der Waals surface area contributed by atoms with E-state index in [1.54, 1.807) is 83.8 Å². The predicted octanol–water partition coefficient (Wildman–Crippen LogP) is 4.77. The molecule has 14 heteroatoms. The fraction of sp³-hybridized carbons (Fsp3) is 0.294. The van der Waals surface area contributed by atoms with Gasteiger partial charge in [-0.2, -0.15) is 0 Å². The van der Waals surface area contributed by atoms with E-state index in [-0.39, 0.29) is 71.7 Å². The molecule has 2 saturated heterocycles. The number of aliphatic hydroxyl groups is 2. The zero-order valence-electron chi connectivity index (χ0n) is 35.9. The number of aromatic amines is 1. The van der Waals surface area contributed by atoms with E-state index in [2.05, 4.69) is 32.7 Å². The maximum atomic E-state index is 13.8. The maximum Gasteiger partial charge on any atom is 0.347 e. The van der Waals surface area contributed by atoms with Crippen LogP contribution in [0.25, 0.3) is 10.9 Å². The molecule has 2 amide bonds. The number of aromatic hydroxyl groups is 1. The minimum absolute atomic E-state index is 0.0759. The fourth-order valence-electron chi connectivity index (χ4n) is 8.46. The standard InChI is InChI=1S/C51H53N5O9/c57-44-20-18-42(43-19-21-46(59)54-48(43)44)45(58)28-52-27-34-14-16-37(17-15-34)49(61)56-30-40(31-56)53-47(60)33-64-41-13-7-12-39(26-41)51(63,38-10-5-2-6-11-38)50(62)65-32-36-22-24-55(25-23-36)29-35-8-3-1-4-9-35/h1-21,26,36,40,45,52,57-58,63H,22-25,27-33H2,(H,53,60)(H,54,59)/t45-,51?/m0/s1. The van der Waals surface area contributed by atoms with Gasteiger partial charge in [-0.25, -0.2) is 4.79 Å². The lowest BCUT2D eigenvalue weighted by atomic mass is 9.86. The van der Waals surface area contributed by atoms with Crippen LogP contribution in [0.1, 0.15) is 57.1 Å². The largest absolute Gasteiger partial charge is 0.506 e. The van der Waals surface area contributed by atoms with Gasteiger partial charge in [-0.3, -0.25) is 19.3 Å². The van der Waals surface area contributed by atoms with Crippen molar-refractivity contribution in [2.45, 2.75) is 43.7 Å². The fourth-order valence-corrected chi connectivity index (χ4v) is 8.46. The Morgan fingerprint density at radius 2 is 1.52 bits per heavy atom. The number of pyridine rings is 1. The summed E-state index contributed by atoms with van der Waals surface area (Å²) in [5.74, 6) is -0.938. The molecule has 3 heterocycles. The van der Waals surface area contributed by atoms with Crippen molar-refractivity contribution in [3.05, 3.63) is 177 Å². The van der Waals surface area contributed by atoms with Gasteiger partial charge in [-0.1, -0.05) is 91.0 Å². The van der Waals surface area contributed by atoms with Gasteiger partial charge in [0.1, 0.15) is 11.5 Å². The van der Waals surface area contributed by atoms with E-state index in [1.807, 2.05) is 30.3 Å². The zero-order chi connectivity index (χ0) is 45.3. The first-order valence-corrected chi connectivity index (χ1v) is 21.9. The molecule has 336 valence electrons. The molecule has 2 aliphatic heterocycles. The topological polar surface area (TPSA) is 194 Å². The number of phenolic OH excluding ortho intramolecular Hbond substituents is 1. The van der Waals surface area contributed by atoms with Gasteiger partial charge in [0.15, 0.2) is 6.61 Å². The van der Waals surface area contributed by atoms with E-state index in [1.165, 1.54) is 17.7 Å². The van der Waals surface area contributed by atoms with E-state index < -0.39 is 17.7 Å². The number of carbonyl (C=O) groups excluding carboxylic acids is 3. The van der Waals surface area contributed by atoms with Crippen molar-refractivity contribution in [1.82, 2.24) is 25.4 Å². The van der Waals surface area contributed by atoms with E-state index >= 15 is 0 Å². The molecule has 0 spiro atoms. The van der Waals surface area contributed by atoms with Crippen molar-refractivity contribution < 1.29 is 39.2 Å². The smallest absolute Gasteiger partial charge is 0.347 e. The van der Waals surface area contributed by atoms with E-state index in [4.69, 9.17) is 9.47 Å². The van der Waals surface area contributed by atoms with Crippen LogP contribution < -0.4 is 20.9 Å². The van der Waals surface area contributed by atoms with Crippen LogP contribution in [0.5, 0.6) is 11.5 Å². The molecule has 2 atom stereocenters. The van der Waals surface area contributed by atoms with Crippen LogP contribution in [0.2, 0.25) is 0 Å². The van der Waals surface area contributed by atoms with Crippen molar-refractivity contribution in [2.24, 2.45) is 5.92 Å². The lowest BCUT2D eigenvalue weighted by Gasteiger charge is -2.39. The SMILES string of the molecule is O=C(COc1cccc(C(O)(C(=O)OCC2CCN(Cc3ccccc3)CC2)c2ccccc2)c1)NC1CN(C(=O)c2ccc(CNC[C@H](O)c3ccc(O)c4[nH]c(=O)ccc34)cc2)C1. The summed E-state index contributed by atoms with van der Waals surface area (Å²) in [7, 11) is 0. The quantitative estimate of drug-likeness (QED) is 0.0692. The zero-order valence-corrected chi connectivity index (χ0v) is 35.9. The summed E-state index contributed by atoms with van der Waals surface area (Å²) in [5, 5.41) is 39.8. The number of rotatable bonds is 17. The number of hydrogen-bond donors (Lipinski definition) is 6. The van der Waals surface area contributed by atoms with Gasteiger partial charge in [-0.05, 0) is 90.5 Å². The number of piperidine rings is 1. The summed E-state index contributed by atoms with van der Waals surface area (Å²) in [6.07, 6.45) is 0.853. The predicted molar refractivity (Wildman–Crippen MR) is 244 cm³/mol. The van der Waals surface area contributed by atoms with Gasteiger partial charge >= 0.3 is 5.97 Å². The number of nitrogens with one attached hydrogen (secondary N) is 3. The third-order valence-corrected chi connectivity index (χ3v) is 12.2. The molecule has 8 rings (SSSR count). The molecule has 5 aromatic carbocycles. The lowest BCUT2D eigenvalue weighted by molar-refractivity contribution is -0.164. The molecular formula is C51H53N5O9. The van der Waals surface area contributed by atoms with E-state index in [0.717, 1.165) is 38.0 Å². The number of nitrogens with zero attached hydrogens (tertiary/aromatic N) is 2. The van der Waals surface area contributed by atoms with Crippen LogP contribution >= 0.6 is 0 Å². The molecule has 6 N–H and O–H groups in total.